The quantitative estimate of drug-likeness (QED) is 0.173. The lowest BCUT2D eigenvalue weighted by atomic mass is 9.70. The Morgan fingerprint density at radius 3 is 1.25 bits per heavy atom. The maximum Gasteiger partial charge on any atom is 0.0726 e. The molecular weight excluding hydrogens is 615 g/mol. The smallest absolute Gasteiger partial charge is 0.0726 e. The van der Waals surface area contributed by atoms with Gasteiger partial charge >= 0.3 is 0 Å². The average molecular weight is 648 g/mol. The molecule has 1 heteroatoms. The van der Waals surface area contributed by atoms with E-state index in [-0.39, 0.29) is 0 Å². The standard InChI is InChI=1S/C50H33N/c1-32-22-24-33(25-23-32)51(34-26-28-40-38-14-3-2-12-36(38)37-13-4-5-15-39(37)45(40)30-34)35-27-29-44-43-18-8-11-21-48(43)50(49(44)31-35)46-19-9-6-16-41(46)42-17-7-10-20-47(42)50/h2-31H,1H3. The summed E-state index contributed by atoms with van der Waals surface area (Å²) in [6.45, 7) is 2.16. The van der Waals surface area contributed by atoms with E-state index in [2.05, 4.69) is 194 Å². The molecule has 0 N–H and O–H groups in total. The van der Waals surface area contributed by atoms with Crippen LogP contribution in [-0.2, 0) is 5.41 Å². The van der Waals surface area contributed by atoms with Crippen molar-refractivity contribution in [2.45, 2.75) is 12.3 Å². The molecule has 0 radical (unpaired) electrons. The number of anilines is 3. The lowest BCUT2D eigenvalue weighted by Gasteiger charge is -2.32. The van der Waals surface area contributed by atoms with Crippen LogP contribution in [0.4, 0.5) is 17.1 Å². The number of aryl methyl sites for hydroxylation is 1. The molecule has 1 spiro atoms. The average Bonchev–Trinajstić information content (AvgIpc) is 3.66. The van der Waals surface area contributed by atoms with E-state index in [1.165, 1.54) is 82.4 Å². The van der Waals surface area contributed by atoms with E-state index < -0.39 is 5.41 Å². The van der Waals surface area contributed by atoms with Gasteiger partial charge < -0.3 is 4.90 Å². The molecule has 2 aliphatic carbocycles. The molecule has 9 aromatic rings. The summed E-state index contributed by atoms with van der Waals surface area (Å²) in [6.07, 6.45) is 0. The molecule has 9 aromatic carbocycles. The van der Waals surface area contributed by atoms with Gasteiger partial charge in [-0.05, 0) is 120 Å². The summed E-state index contributed by atoms with van der Waals surface area (Å²) in [7, 11) is 0. The van der Waals surface area contributed by atoms with Gasteiger partial charge in [-0.2, -0.15) is 0 Å². The summed E-state index contributed by atoms with van der Waals surface area (Å²) in [5, 5.41) is 7.69. The van der Waals surface area contributed by atoms with Crippen LogP contribution < -0.4 is 4.90 Å². The molecule has 51 heavy (non-hydrogen) atoms. The number of hydrogen-bond acceptors (Lipinski definition) is 1. The molecule has 0 bridgehead atoms. The Balaban J connectivity index is 1.20. The first-order valence-electron chi connectivity index (χ1n) is 17.9. The summed E-state index contributed by atoms with van der Waals surface area (Å²) < 4.78 is 0. The van der Waals surface area contributed by atoms with Gasteiger partial charge in [-0.25, -0.2) is 0 Å². The topological polar surface area (TPSA) is 3.24 Å². The minimum absolute atomic E-state index is 0.396. The fourth-order valence-corrected chi connectivity index (χ4v) is 9.40. The van der Waals surface area contributed by atoms with E-state index in [4.69, 9.17) is 0 Å². The summed E-state index contributed by atoms with van der Waals surface area (Å²) in [5.41, 5.74) is 15.0. The third kappa shape index (κ3) is 3.81. The molecule has 0 atom stereocenters. The van der Waals surface area contributed by atoms with E-state index in [9.17, 15) is 0 Å². The van der Waals surface area contributed by atoms with Crippen LogP contribution in [-0.4, -0.2) is 0 Å². The normalized spacial score (nSPS) is 13.4. The van der Waals surface area contributed by atoms with E-state index in [1.807, 2.05) is 0 Å². The second kappa shape index (κ2) is 10.5. The number of fused-ring (bicyclic) bond motifs is 16. The zero-order chi connectivity index (χ0) is 33.7. The maximum absolute atomic E-state index is 2.48. The number of benzene rings is 9. The van der Waals surface area contributed by atoms with Gasteiger partial charge in [0.1, 0.15) is 0 Å². The van der Waals surface area contributed by atoms with Crippen LogP contribution in [0.3, 0.4) is 0 Å². The summed E-state index contributed by atoms with van der Waals surface area (Å²) in [6, 6.07) is 68.0. The Bertz CT molecular complexity index is 2780. The van der Waals surface area contributed by atoms with Crippen molar-refractivity contribution >= 4 is 49.4 Å². The van der Waals surface area contributed by atoms with Crippen molar-refractivity contribution in [2.24, 2.45) is 0 Å². The number of nitrogens with zero attached hydrogens (tertiary/aromatic N) is 1. The van der Waals surface area contributed by atoms with E-state index >= 15 is 0 Å². The van der Waals surface area contributed by atoms with Gasteiger partial charge in [-0.1, -0.05) is 151 Å². The lowest BCUT2D eigenvalue weighted by Crippen LogP contribution is -2.26. The SMILES string of the molecule is Cc1ccc(N(c2ccc3c(c2)C2(c4ccccc4-c4ccccc42)c2ccccc2-3)c2ccc3c4ccccc4c4ccccc4c3c2)cc1. The molecule has 0 fully saturated rings. The van der Waals surface area contributed by atoms with Crippen LogP contribution in [0.15, 0.2) is 182 Å². The highest BCUT2D eigenvalue weighted by Crippen LogP contribution is 2.63. The van der Waals surface area contributed by atoms with Crippen molar-refractivity contribution in [3.05, 3.63) is 210 Å². The van der Waals surface area contributed by atoms with Crippen molar-refractivity contribution in [3.8, 4) is 22.3 Å². The van der Waals surface area contributed by atoms with Crippen LogP contribution >= 0.6 is 0 Å². The van der Waals surface area contributed by atoms with E-state index in [1.54, 1.807) is 0 Å². The summed E-state index contributed by atoms with van der Waals surface area (Å²) in [5.74, 6) is 0. The third-order valence-electron chi connectivity index (χ3n) is 11.5. The fraction of sp³-hybridized carbons (Fsp3) is 0.0400. The first-order chi connectivity index (χ1) is 25.2. The Morgan fingerprint density at radius 1 is 0.314 bits per heavy atom. The molecule has 11 rings (SSSR count). The van der Waals surface area contributed by atoms with Crippen LogP contribution in [0.2, 0.25) is 0 Å². The first kappa shape index (κ1) is 28.4. The molecule has 0 unspecified atom stereocenters. The molecule has 2 aliphatic rings. The van der Waals surface area contributed by atoms with E-state index in [0.29, 0.717) is 0 Å². The minimum Gasteiger partial charge on any atom is -0.310 e. The molecule has 0 aromatic heterocycles. The highest BCUT2D eigenvalue weighted by molar-refractivity contribution is 6.25. The molecule has 0 amide bonds. The predicted molar refractivity (Wildman–Crippen MR) is 215 cm³/mol. The molecular formula is C50H33N. The monoisotopic (exact) mass is 647 g/mol. The van der Waals surface area contributed by atoms with Gasteiger partial charge in [0.2, 0.25) is 0 Å². The van der Waals surface area contributed by atoms with Crippen LogP contribution in [0, 0.1) is 6.92 Å². The molecule has 238 valence electrons. The van der Waals surface area contributed by atoms with Crippen molar-refractivity contribution < 1.29 is 0 Å². The Morgan fingerprint density at radius 2 is 0.706 bits per heavy atom. The zero-order valence-corrected chi connectivity index (χ0v) is 28.3. The van der Waals surface area contributed by atoms with Crippen molar-refractivity contribution in [1.82, 2.24) is 0 Å². The van der Waals surface area contributed by atoms with Gasteiger partial charge in [-0.15, -0.1) is 0 Å². The van der Waals surface area contributed by atoms with Crippen molar-refractivity contribution in [3.63, 3.8) is 0 Å². The molecule has 1 nitrogen and oxygen atoms in total. The highest BCUT2D eigenvalue weighted by Gasteiger charge is 2.51. The summed E-state index contributed by atoms with van der Waals surface area (Å²) in [4.78, 5) is 2.45. The number of hydrogen-bond donors (Lipinski definition) is 0. The van der Waals surface area contributed by atoms with Gasteiger partial charge in [0.05, 0.1) is 5.41 Å². The molecule has 0 saturated carbocycles. The maximum atomic E-state index is 2.48. The van der Waals surface area contributed by atoms with Crippen LogP contribution in [0.1, 0.15) is 27.8 Å². The fourth-order valence-electron chi connectivity index (χ4n) is 9.40. The molecule has 0 aliphatic heterocycles. The second-order valence-electron chi connectivity index (χ2n) is 14.1. The first-order valence-corrected chi connectivity index (χ1v) is 17.9. The Labute approximate surface area is 297 Å². The van der Waals surface area contributed by atoms with Crippen LogP contribution in [0.5, 0.6) is 0 Å². The van der Waals surface area contributed by atoms with Crippen molar-refractivity contribution in [1.29, 1.82) is 0 Å². The van der Waals surface area contributed by atoms with Crippen molar-refractivity contribution in [2.75, 3.05) is 4.90 Å². The molecule has 0 heterocycles. The largest absolute Gasteiger partial charge is 0.310 e. The summed E-state index contributed by atoms with van der Waals surface area (Å²) >= 11 is 0. The molecule has 0 saturated heterocycles. The van der Waals surface area contributed by atoms with Gasteiger partial charge in [0.25, 0.3) is 0 Å². The lowest BCUT2D eigenvalue weighted by molar-refractivity contribution is 0.793. The third-order valence-corrected chi connectivity index (χ3v) is 11.5. The number of rotatable bonds is 3. The predicted octanol–water partition coefficient (Wildman–Crippen LogP) is 13.3. The second-order valence-corrected chi connectivity index (χ2v) is 14.1. The Hall–Kier alpha value is -6.44. The highest BCUT2D eigenvalue weighted by atomic mass is 15.1. The van der Waals surface area contributed by atoms with Gasteiger partial charge in [0, 0.05) is 17.1 Å². The van der Waals surface area contributed by atoms with Gasteiger partial charge in [-0.3, -0.25) is 0 Å². The van der Waals surface area contributed by atoms with Crippen LogP contribution in [0.25, 0.3) is 54.6 Å². The zero-order valence-electron chi connectivity index (χ0n) is 28.3. The van der Waals surface area contributed by atoms with Gasteiger partial charge in [0.15, 0.2) is 0 Å². The minimum atomic E-state index is -0.396. The Kier molecular flexibility index (Phi) is 5.86. The van der Waals surface area contributed by atoms with E-state index in [0.717, 1.165) is 17.1 Å².